The highest BCUT2D eigenvalue weighted by Gasteiger charge is 2.26. The van der Waals surface area contributed by atoms with Crippen molar-refractivity contribution < 1.29 is 14.2 Å². The zero-order valence-corrected chi connectivity index (χ0v) is 14.8. The van der Waals surface area contributed by atoms with Crippen molar-refractivity contribution in [1.82, 2.24) is 19.5 Å². The quantitative estimate of drug-likeness (QED) is 0.716. The number of hydrogen-bond donors (Lipinski definition) is 0. The molecule has 0 aliphatic carbocycles. The molecular weight excluding hydrogens is 320 g/mol. The number of rotatable bonds is 7. The van der Waals surface area contributed by atoms with Crippen LogP contribution in [0.2, 0.25) is 0 Å². The van der Waals surface area contributed by atoms with Gasteiger partial charge in [-0.1, -0.05) is 13.2 Å². The Labute approximate surface area is 147 Å². The monoisotopic (exact) mass is 344 g/mol. The molecular formula is C18H24N4O3. The first kappa shape index (κ1) is 17.4. The second kappa shape index (κ2) is 7.65. The Morgan fingerprint density at radius 2 is 1.96 bits per heavy atom. The van der Waals surface area contributed by atoms with Gasteiger partial charge in [0.05, 0.1) is 13.2 Å². The molecule has 1 fully saturated rings. The van der Waals surface area contributed by atoms with E-state index in [1.165, 1.54) is 6.33 Å². The Balaban J connectivity index is 2.16. The molecule has 1 aliphatic rings. The van der Waals surface area contributed by atoms with E-state index < -0.39 is 0 Å². The molecule has 0 aromatic carbocycles. The van der Waals surface area contributed by atoms with Crippen LogP contribution < -0.4 is 0 Å². The van der Waals surface area contributed by atoms with E-state index in [2.05, 4.69) is 23.1 Å². The molecule has 1 aliphatic heterocycles. The van der Waals surface area contributed by atoms with E-state index in [0.717, 1.165) is 19.3 Å². The molecule has 0 saturated carbocycles. The number of ether oxygens (including phenoxy) is 3. The zero-order valence-electron chi connectivity index (χ0n) is 14.8. The van der Waals surface area contributed by atoms with Crippen molar-refractivity contribution in [1.29, 1.82) is 0 Å². The zero-order chi connectivity index (χ0) is 17.8. The van der Waals surface area contributed by atoms with Gasteiger partial charge in [0, 0.05) is 6.61 Å². The van der Waals surface area contributed by atoms with Crippen LogP contribution in [0, 0.1) is 0 Å². The molecule has 3 rings (SSSR count). The number of nitrogens with zero attached hydrogens (tertiary/aromatic N) is 4. The fourth-order valence-corrected chi connectivity index (χ4v) is 2.99. The number of aromatic nitrogens is 4. The van der Waals surface area contributed by atoms with E-state index in [-0.39, 0.29) is 6.23 Å². The highest BCUT2D eigenvalue weighted by molar-refractivity contribution is 5.84. The highest BCUT2D eigenvalue weighted by Crippen LogP contribution is 2.32. The van der Waals surface area contributed by atoms with Gasteiger partial charge in [-0.3, -0.25) is 4.57 Å². The SMILES string of the molecule is C=C(OCC)c1ncnc2c1nc(C(=C)OCC)n2C1CCCCO1. The maximum Gasteiger partial charge on any atom is 0.179 e. The van der Waals surface area contributed by atoms with Crippen molar-refractivity contribution in [2.75, 3.05) is 19.8 Å². The number of imidazole rings is 1. The van der Waals surface area contributed by atoms with Crippen LogP contribution in [-0.2, 0) is 14.2 Å². The number of fused-ring (bicyclic) bond motifs is 1. The first-order valence-corrected chi connectivity index (χ1v) is 8.66. The average molecular weight is 344 g/mol. The molecule has 2 aromatic heterocycles. The molecule has 0 radical (unpaired) electrons. The summed E-state index contributed by atoms with van der Waals surface area (Å²) in [5, 5.41) is 0. The summed E-state index contributed by atoms with van der Waals surface area (Å²) >= 11 is 0. The Hall–Kier alpha value is -2.41. The standard InChI is InChI=1S/C18H24N4O3/c1-5-23-12(3)15-16-18(20-11-19-15)22(14-9-7-8-10-25-14)17(21-16)13(4)24-6-2/h11,14H,3-10H2,1-2H3. The molecule has 25 heavy (non-hydrogen) atoms. The summed E-state index contributed by atoms with van der Waals surface area (Å²) < 4.78 is 19.0. The van der Waals surface area contributed by atoms with E-state index in [1.807, 2.05) is 18.4 Å². The van der Waals surface area contributed by atoms with E-state index in [1.54, 1.807) is 0 Å². The van der Waals surface area contributed by atoms with Crippen LogP contribution in [0.1, 0.15) is 50.9 Å². The minimum Gasteiger partial charge on any atom is -0.492 e. The van der Waals surface area contributed by atoms with Gasteiger partial charge in [0.15, 0.2) is 17.2 Å². The van der Waals surface area contributed by atoms with Gasteiger partial charge in [-0.25, -0.2) is 15.0 Å². The van der Waals surface area contributed by atoms with Crippen LogP contribution in [0.4, 0.5) is 0 Å². The van der Waals surface area contributed by atoms with Crippen molar-refractivity contribution in [2.45, 2.75) is 39.3 Å². The van der Waals surface area contributed by atoms with Gasteiger partial charge in [0.2, 0.25) is 0 Å². The molecule has 1 atom stereocenters. The molecule has 134 valence electrons. The average Bonchev–Trinajstić information content (AvgIpc) is 3.02. The van der Waals surface area contributed by atoms with Crippen LogP contribution in [0.15, 0.2) is 19.5 Å². The minimum absolute atomic E-state index is 0.144. The second-order valence-electron chi connectivity index (χ2n) is 5.73. The first-order valence-electron chi connectivity index (χ1n) is 8.66. The number of hydrogen-bond acceptors (Lipinski definition) is 6. The normalized spacial score (nSPS) is 17.4. The predicted molar refractivity (Wildman–Crippen MR) is 95.5 cm³/mol. The lowest BCUT2D eigenvalue weighted by Gasteiger charge is -2.25. The maximum absolute atomic E-state index is 5.96. The topological polar surface area (TPSA) is 71.3 Å². The van der Waals surface area contributed by atoms with Crippen LogP contribution in [0.3, 0.4) is 0 Å². The van der Waals surface area contributed by atoms with Gasteiger partial charge in [-0.05, 0) is 33.1 Å². The Morgan fingerprint density at radius 3 is 2.64 bits per heavy atom. The molecule has 7 nitrogen and oxygen atoms in total. The van der Waals surface area contributed by atoms with E-state index in [4.69, 9.17) is 19.2 Å². The van der Waals surface area contributed by atoms with Crippen LogP contribution >= 0.6 is 0 Å². The largest absolute Gasteiger partial charge is 0.492 e. The van der Waals surface area contributed by atoms with Crippen molar-refractivity contribution in [3.63, 3.8) is 0 Å². The van der Waals surface area contributed by atoms with Gasteiger partial charge in [-0.15, -0.1) is 0 Å². The molecule has 1 unspecified atom stereocenters. The van der Waals surface area contributed by atoms with Gasteiger partial charge in [0.1, 0.15) is 29.5 Å². The van der Waals surface area contributed by atoms with Crippen molar-refractivity contribution in [3.8, 4) is 0 Å². The van der Waals surface area contributed by atoms with Crippen LogP contribution in [0.25, 0.3) is 22.7 Å². The third-order valence-corrected chi connectivity index (χ3v) is 4.07. The lowest BCUT2D eigenvalue weighted by Crippen LogP contribution is -2.20. The van der Waals surface area contributed by atoms with Crippen LogP contribution in [-0.4, -0.2) is 39.3 Å². The molecule has 0 spiro atoms. The smallest absolute Gasteiger partial charge is 0.179 e. The summed E-state index contributed by atoms with van der Waals surface area (Å²) in [6, 6.07) is 0. The predicted octanol–water partition coefficient (Wildman–Crippen LogP) is 3.54. The lowest BCUT2D eigenvalue weighted by molar-refractivity contribution is -0.0307. The van der Waals surface area contributed by atoms with Crippen LogP contribution in [0.5, 0.6) is 0 Å². The third kappa shape index (κ3) is 3.37. The summed E-state index contributed by atoms with van der Waals surface area (Å²) in [6.45, 7) is 13.5. The van der Waals surface area contributed by atoms with E-state index in [9.17, 15) is 0 Å². The Kier molecular flexibility index (Phi) is 5.33. The summed E-state index contributed by atoms with van der Waals surface area (Å²) in [7, 11) is 0. The summed E-state index contributed by atoms with van der Waals surface area (Å²) in [4.78, 5) is 13.4. The molecule has 0 bridgehead atoms. The maximum atomic E-state index is 5.96. The van der Waals surface area contributed by atoms with E-state index >= 15 is 0 Å². The van der Waals surface area contributed by atoms with Crippen molar-refractivity contribution in [2.24, 2.45) is 0 Å². The minimum atomic E-state index is -0.144. The summed E-state index contributed by atoms with van der Waals surface area (Å²) in [6.07, 6.45) is 4.40. The van der Waals surface area contributed by atoms with Crippen molar-refractivity contribution >= 4 is 22.7 Å². The second-order valence-corrected chi connectivity index (χ2v) is 5.73. The summed E-state index contributed by atoms with van der Waals surface area (Å²) in [5.41, 5.74) is 1.87. The Bertz CT molecular complexity index is 778. The molecule has 1 saturated heterocycles. The summed E-state index contributed by atoms with van der Waals surface area (Å²) in [5.74, 6) is 1.56. The molecule has 3 heterocycles. The fourth-order valence-electron chi connectivity index (χ4n) is 2.99. The van der Waals surface area contributed by atoms with Gasteiger partial charge in [0.25, 0.3) is 0 Å². The third-order valence-electron chi connectivity index (χ3n) is 4.07. The first-order chi connectivity index (χ1) is 12.2. The van der Waals surface area contributed by atoms with E-state index in [0.29, 0.717) is 54.0 Å². The van der Waals surface area contributed by atoms with Crippen molar-refractivity contribution in [3.05, 3.63) is 31.0 Å². The Morgan fingerprint density at radius 1 is 1.20 bits per heavy atom. The molecule has 2 aromatic rings. The molecule has 7 heteroatoms. The molecule has 0 N–H and O–H groups in total. The fraction of sp³-hybridized carbons (Fsp3) is 0.500. The van der Waals surface area contributed by atoms with Gasteiger partial charge >= 0.3 is 0 Å². The van der Waals surface area contributed by atoms with Gasteiger partial charge in [-0.2, -0.15) is 0 Å². The highest BCUT2D eigenvalue weighted by atomic mass is 16.5. The molecule has 0 amide bonds. The van der Waals surface area contributed by atoms with Gasteiger partial charge < -0.3 is 14.2 Å². The lowest BCUT2D eigenvalue weighted by atomic mass is 10.2.